The van der Waals surface area contributed by atoms with Crippen LogP contribution in [0.3, 0.4) is 0 Å². The van der Waals surface area contributed by atoms with Crippen molar-refractivity contribution in [1.82, 2.24) is 15.3 Å². The first-order valence-corrected chi connectivity index (χ1v) is 9.11. The van der Waals surface area contributed by atoms with Crippen LogP contribution >= 0.6 is 0 Å². The first-order valence-electron chi connectivity index (χ1n) is 9.11. The van der Waals surface area contributed by atoms with Crippen LogP contribution in [-0.4, -0.2) is 23.1 Å². The van der Waals surface area contributed by atoms with E-state index in [-0.39, 0.29) is 5.82 Å². The summed E-state index contributed by atoms with van der Waals surface area (Å²) in [5.41, 5.74) is 5.14. The van der Waals surface area contributed by atoms with Crippen molar-refractivity contribution in [3.8, 4) is 11.3 Å². The Hall–Kier alpha value is -2.20. The van der Waals surface area contributed by atoms with Gasteiger partial charge in [0.05, 0.1) is 11.9 Å². The van der Waals surface area contributed by atoms with Crippen molar-refractivity contribution in [2.24, 2.45) is 0 Å². The Morgan fingerprint density at radius 1 is 1.16 bits per heavy atom. The summed E-state index contributed by atoms with van der Waals surface area (Å²) in [6, 6.07) is 8.45. The van der Waals surface area contributed by atoms with Gasteiger partial charge in [0.2, 0.25) is 0 Å². The number of aromatic amines is 1. The number of H-pyrrole nitrogens is 1. The normalized spacial score (nSPS) is 16.0. The van der Waals surface area contributed by atoms with Crippen molar-refractivity contribution in [1.29, 1.82) is 0 Å². The van der Waals surface area contributed by atoms with Crippen molar-refractivity contribution >= 4 is 10.9 Å². The molecule has 0 unspecified atom stereocenters. The molecular weight excluding hydrogens is 313 g/mol. The van der Waals surface area contributed by atoms with E-state index in [4.69, 9.17) is 0 Å². The molecule has 1 aromatic carbocycles. The smallest absolute Gasteiger partial charge is 0.150 e. The zero-order valence-electron chi connectivity index (χ0n) is 14.8. The van der Waals surface area contributed by atoms with Crippen LogP contribution < -0.4 is 5.32 Å². The Bertz CT molecular complexity index is 891. The van der Waals surface area contributed by atoms with Gasteiger partial charge in [0, 0.05) is 22.7 Å². The number of aromatic nitrogens is 2. The molecule has 1 saturated heterocycles. The molecule has 3 aromatic rings. The Kier molecular flexibility index (Phi) is 4.30. The van der Waals surface area contributed by atoms with E-state index in [9.17, 15) is 4.39 Å². The first kappa shape index (κ1) is 16.3. The van der Waals surface area contributed by atoms with Gasteiger partial charge in [-0.3, -0.25) is 4.98 Å². The molecule has 2 N–H and O–H groups in total. The number of hydrogen-bond acceptors (Lipinski definition) is 2. The van der Waals surface area contributed by atoms with Crippen LogP contribution in [0.4, 0.5) is 4.39 Å². The third-order valence-electron chi connectivity index (χ3n) is 5.29. The lowest BCUT2D eigenvalue weighted by molar-refractivity contribution is 0.460. The largest absolute Gasteiger partial charge is 0.354 e. The van der Waals surface area contributed by atoms with Gasteiger partial charge < -0.3 is 10.3 Å². The Morgan fingerprint density at radius 2 is 1.96 bits per heavy atom. The summed E-state index contributed by atoms with van der Waals surface area (Å²) in [4.78, 5) is 7.33. The molecule has 0 atom stereocenters. The van der Waals surface area contributed by atoms with E-state index in [1.807, 2.05) is 0 Å². The van der Waals surface area contributed by atoms with E-state index in [1.165, 1.54) is 35.6 Å². The fourth-order valence-corrected chi connectivity index (χ4v) is 4.03. The van der Waals surface area contributed by atoms with Crippen molar-refractivity contribution in [3.63, 3.8) is 0 Å². The number of pyridine rings is 1. The Morgan fingerprint density at radius 3 is 2.68 bits per heavy atom. The SMILES string of the molecule is CC(C)c1c(-c2ccncc2F)[nH]c2ccc(C3CCNCC3)cc12. The minimum atomic E-state index is -0.283. The van der Waals surface area contributed by atoms with Crippen molar-refractivity contribution in [3.05, 3.63) is 53.6 Å². The number of halogens is 1. The van der Waals surface area contributed by atoms with E-state index >= 15 is 0 Å². The standard InChI is InChI=1S/C21H24FN3/c1-13(2)20-17-11-15(14-5-8-23-9-6-14)3-4-19(17)25-21(20)16-7-10-24-12-18(16)22/h3-4,7,10-14,23,25H,5-6,8-9H2,1-2H3. The second-order valence-electron chi connectivity index (χ2n) is 7.25. The quantitative estimate of drug-likeness (QED) is 0.709. The zero-order chi connectivity index (χ0) is 17.4. The number of piperidine rings is 1. The summed E-state index contributed by atoms with van der Waals surface area (Å²) < 4.78 is 14.3. The topological polar surface area (TPSA) is 40.7 Å². The predicted octanol–water partition coefficient (Wildman–Crippen LogP) is 4.96. The molecule has 3 heterocycles. The monoisotopic (exact) mass is 337 g/mol. The molecule has 4 rings (SSSR count). The first-order chi connectivity index (χ1) is 12.1. The van der Waals surface area contributed by atoms with Crippen LogP contribution in [0.2, 0.25) is 0 Å². The molecule has 0 saturated carbocycles. The second-order valence-corrected chi connectivity index (χ2v) is 7.25. The molecule has 1 aliphatic heterocycles. The minimum Gasteiger partial charge on any atom is -0.354 e. The highest BCUT2D eigenvalue weighted by atomic mass is 19.1. The van der Waals surface area contributed by atoms with Crippen molar-refractivity contribution < 1.29 is 4.39 Å². The predicted molar refractivity (Wildman–Crippen MR) is 100 cm³/mol. The molecule has 0 spiro atoms. The van der Waals surface area contributed by atoms with Crippen molar-refractivity contribution in [2.45, 2.75) is 38.5 Å². The fraction of sp³-hybridized carbons (Fsp3) is 0.381. The lowest BCUT2D eigenvalue weighted by Gasteiger charge is -2.23. The van der Waals surface area contributed by atoms with Gasteiger partial charge >= 0.3 is 0 Å². The number of rotatable bonds is 3. The number of fused-ring (bicyclic) bond motifs is 1. The summed E-state index contributed by atoms with van der Waals surface area (Å²) in [6.07, 6.45) is 5.29. The zero-order valence-corrected chi connectivity index (χ0v) is 14.8. The summed E-state index contributed by atoms with van der Waals surface area (Å²) >= 11 is 0. The van der Waals surface area contributed by atoms with Crippen LogP contribution in [0, 0.1) is 5.82 Å². The maximum atomic E-state index is 14.3. The molecular formula is C21H24FN3. The average Bonchev–Trinajstić information content (AvgIpc) is 3.01. The Balaban J connectivity index is 1.87. The third kappa shape index (κ3) is 2.95. The second kappa shape index (κ2) is 6.60. The number of nitrogens with zero attached hydrogens (tertiary/aromatic N) is 1. The van der Waals surface area contributed by atoms with E-state index in [0.717, 1.165) is 24.3 Å². The molecule has 4 heteroatoms. The lowest BCUT2D eigenvalue weighted by atomic mass is 9.88. The molecule has 130 valence electrons. The molecule has 0 radical (unpaired) electrons. The molecule has 1 aliphatic rings. The van der Waals surface area contributed by atoms with Gasteiger partial charge in [0.1, 0.15) is 0 Å². The van der Waals surface area contributed by atoms with Crippen LogP contribution in [0.5, 0.6) is 0 Å². The third-order valence-corrected chi connectivity index (χ3v) is 5.29. The van der Waals surface area contributed by atoms with E-state index in [0.29, 0.717) is 17.4 Å². The van der Waals surface area contributed by atoms with Crippen LogP contribution in [-0.2, 0) is 0 Å². The van der Waals surface area contributed by atoms with Crippen LogP contribution in [0.25, 0.3) is 22.2 Å². The number of hydrogen-bond donors (Lipinski definition) is 2. The maximum Gasteiger partial charge on any atom is 0.150 e. The van der Waals surface area contributed by atoms with Gasteiger partial charge in [0.25, 0.3) is 0 Å². The van der Waals surface area contributed by atoms with Gasteiger partial charge in [-0.05, 0) is 67.1 Å². The van der Waals surface area contributed by atoms with E-state index in [2.05, 4.69) is 47.3 Å². The lowest BCUT2D eigenvalue weighted by Crippen LogP contribution is -2.26. The summed E-state index contributed by atoms with van der Waals surface area (Å²) in [5, 5.41) is 4.65. The highest BCUT2D eigenvalue weighted by Crippen LogP contribution is 2.38. The highest BCUT2D eigenvalue weighted by Gasteiger charge is 2.21. The highest BCUT2D eigenvalue weighted by molar-refractivity contribution is 5.92. The molecule has 0 amide bonds. The van der Waals surface area contributed by atoms with Gasteiger partial charge in [-0.25, -0.2) is 4.39 Å². The molecule has 1 fully saturated rings. The summed E-state index contributed by atoms with van der Waals surface area (Å²) in [5.74, 6) is 0.635. The maximum absolute atomic E-state index is 14.3. The summed E-state index contributed by atoms with van der Waals surface area (Å²) in [7, 11) is 0. The number of benzene rings is 1. The molecule has 2 aromatic heterocycles. The molecule has 3 nitrogen and oxygen atoms in total. The van der Waals surface area contributed by atoms with Crippen LogP contribution in [0.15, 0.2) is 36.7 Å². The van der Waals surface area contributed by atoms with Gasteiger partial charge in [-0.2, -0.15) is 0 Å². The molecule has 0 bridgehead atoms. The minimum absolute atomic E-state index is 0.283. The van der Waals surface area contributed by atoms with Gasteiger partial charge in [0.15, 0.2) is 5.82 Å². The van der Waals surface area contributed by atoms with Crippen LogP contribution in [0.1, 0.15) is 49.7 Å². The van der Waals surface area contributed by atoms with E-state index < -0.39 is 0 Å². The number of nitrogens with one attached hydrogen (secondary N) is 2. The van der Waals surface area contributed by atoms with Crippen molar-refractivity contribution in [2.75, 3.05) is 13.1 Å². The fourth-order valence-electron chi connectivity index (χ4n) is 4.03. The van der Waals surface area contributed by atoms with Gasteiger partial charge in [-0.15, -0.1) is 0 Å². The summed E-state index contributed by atoms with van der Waals surface area (Å²) in [6.45, 7) is 6.51. The molecule has 25 heavy (non-hydrogen) atoms. The van der Waals surface area contributed by atoms with E-state index in [1.54, 1.807) is 12.3 Å². The van der Waals surface area contributed by atoms with Gasteiger partial charge in [-0.1, -0.05) is 19.9 Å². The average molecular weight is 337 g/mol. The Labute approximate surface area is 147 Å². The molecule has 0 aliphatic carbocycles.